The molecule has 0 fully saturated rings. The van der Waals surface area contributed by atoms with Gasteiger partial charge >= 0.3 is 0 Å². The maximum atomic E-state index is 8.44. The van der Waals surface area contributed by atoms with Gasteiger partial charge in [-0.05, 0) is 81.2 Å². The van der Waals surface area contributed by atoms with E-state index in [4.69, 9.17) is 11.0 Å². The zero-order valence-corrected chi connectivity index (χ0v) is 16.0. The summed E-state index contributed by atoms with van der Waals surface area (Å²) in [6.45, 7) is 0.763. The van der Waals surface area contributed by atoms with Gasteiger partial charge in [0.05, 0.1) is 6.07 Å². The molecule has 4 rings (SSSR count). The van der Waals surface area contributed by atoms with E-state index in [2.05, 4.69) is 40.3 Å². The Morgan fingerprint density at radius 3 is 1.93 bits per heavy atom. The minimum absolute atomic E-state index is 0. The summed E-state index contributed by atoms with van der Waals surface area (Å²) in [6.07, 6.45) is 10.7. The van der Waals surface area contributed by atoms with E-state index in [9.17, 15) is 0 Å². The van der Waals surface area contributed by atoms with Gasteiger partial charge in [-0.3, -0.25) is 9.97 Å². The Labute approximate surface area is 162 Å². The van der Waals surface area contributed by atoms with Crippen molar-refractivity contribution in [3.8, 4) is 6.07 Å². The Bertz CT molecular complexity index is 782. The van der Waals surface area contributed by atoms with Crippen LogP contribution >= 0.6 is 0 Å². The number of aromatic nitrogens is 2. The maximum absolute atomic E-state index is 8.44. The van der Waals surface area contributed by atoms with E-state index in [0.717, 1.165) is 37.9 Å². The standard InChI is InChI=1S/C11H16N2.C11H12N2.H2O/c2*12-8-2-4-10-7-6-9-3-1-5-11(9)13-10;/h6-7H,1-5,8,12H2;6-7H,1-5H2;1H2. The fourth-order valence-electron chi connectivity index (χ4n) is 3.68. The van der Waals surface area contributed by atoms with Crippen LogP contribution in [-0.4, -0.2) is 22.0 Å². The van der Waals surface area contributed by atoms with Crippen molar-refractivity contribution in [3.63, 3.8) is 0 Å². The molecule has 0 aromatic carbocycles. The van der Waals surface area contributed by atoms with Crippen LogP contribution < -0.4 is 5.73 Å². The highest BCUT2D eigenvalue weighted by Gasteiger charge is 2.12. The number of rotatable bonds is 5. The van der Waals surface area contributed by atoms with Gasteiger partial charge in [-0.1, -0.05) is 12.1 Å². The van der Waals surface area contributed by atoms with Gasteiger partial charge in [-0.25, -0.2) is 0 Å². The first kappa shape index (κ1) is 21.0. The molecule has 0 unspecified atom stereocenters. The Morgan fingerprint density at radius 2 is 1.41 bits per heavy atom. The number of nitriles is 1. The minimum Gasteiger partial charge on any atom is -0.412 e. The molecule has 0 amide bonds. The average molecular weight is 367 g/mol. The quantitative estimate of drug-likeness (QED) is 0.877. The van der Waals surface area contributed by atoms with E-state index in [-0.39, 0.29) is 5.48 Å². The van der Waals surface area contributed by atoms with E-state index in [1.165, 1.54) is 60.3 Å². The van der Waals surface area contributed by atoms with Crippen LogP contribution in [0.4, 0.5) is 0 Å². The molecule has 27 heavy (non-hydrogen) atoms. The minimum atomic E-state index is 0. The monoisotopic (exact) mass is 366 g/mol. The summed E-state index contributed by atoms with van der Waals surface area (Å²) in [6, 6.07) is 10.8. The van der Waals surface area contributed by atoms with Gasteiger partial charge in [0, 0.05) is 35.6 Å². The molecule has 2 heterocycles. The van der Waals surface area contributed by atoms with Crippen LogP contribution in [0.1, 0.15) is 59.6 Å². The molecule has 2 aromatic rings. The van der Waals surface area contributed by atoms with Crippen LogP contribution in [0.15, 0.2) is 24.3 Å². The second kappa shape index (κ2) is 10.8. The number of aryl methyl sites for hydroxylation is 6. The smallest absolute Gasteiger partial charge is 0.0625 e. The largest absolute Gasteiger partial charge is 0.412 e. The van der Waals surface area contributed by atoms with Gasteiger partial charge in [0.1, 0.15) is 0 Å². The number of hydrogen-bond donors (Lipinski definition) is 1. The molecule has 2 aromatic heterocycles. The van der Waals surface area contributed by atoms with Crippen molar-refractivity contribution in [2.45, 2.75) is 64.2 Å². The van der Waals surface area contributed by atoms with E-state index < -0.39 is 0 Å². The molecule has 0 aliphatic heterocycles. The van der Waals surface area contributed by atoms with Crippen LogP contribution in [0, 0.1) is 11.3 Å². The fraction of sp³-hybridized carbons (Fsp3) is 0.500. The third-order valence-electron chi connectivity index (χ3n) is 5.10. The lowest BCUT2D eigenvalue weighted by Crippen LogP contribution is -2.02. The second-order valence-electron chi connectivity index (χ2n) is 7.07. The number of nitrogens with two attached hydrogens (primary N) is 1. The highest BCUT2D eigenvalue weighted by Crippen LogP contribution is 2.21. The van der Waals surface area contributed by atoms with Crippen molar-refractivity contribution >= 4 is 0 Å². The summed E-state index contributed by atoms with van der Waals surface area (Å²) in [7, 11) is 0. The second-order valence-corrected chi connectivity index (χ2v) is 7.07. The molecule has 0 spiro atoms. The maximum Gasteiger partial charge on any atom is 0.0625 e. The third kappa shape index (κ3) is 5.85. The van der Waals surface area contributed by atoms with Crippen molar-refractivity contribution in [1.29, 1.82) is 5.26 Å². The molecule has 2 aliphatic rings. The van der Waals surface area contributed by atoms with Crippen molar-refractivity contribution < 1.29 is 5.48 Å². The zero-order chi connectivity index (χ0) is 18.2. The summed E-state index contributed by atoms with van der Waals surface area (Å²) in [4.78, 5) is 9.17. The normalized spacial score (nSPS) is 13.6. The van der Waals surface area contributed by atoms with Gasteiger partial charge < -0.3 is 11.2 Å². The molecule has 0 atom stereocenters. The summed E-state index contributed by atoms with van der Waals surface area (Å²) < 4.78 is 0. The van der Waals surface area contributed by atoms with Crippen molar-refractivity contribution in [2.75, 3.05) is 6.54 Å². The summed E-state index contributed by atoms with van der Waals surface area (Å²) in [5.41, 5.74) is 13.2. The predicted octanol–water partition coefficient (Wildman–Crippen LogP) is 2.66. The van der Waals surface area contributed by atoms with Crippen molar-refractivity contribution in [1.82, 2.24) is 9.97 Å². The first-order valence-corrected chi connectivity index (χ1v) is 9.82. The lowest BCUT2D eigenvalue weighted by molar-refractivity contribution is 0.801. The van der Waals surface area contributed by atoms with E-state index in [0.29, 0.717) is 6.42 Å². The topological polar surface area (TPSA) is 107 Å². The Balaban J connectivity index is 0.000000187. The summed E-state index contributed by atoms with van der Waals surface area (Å²) >= 11 is 0. The molecule has 0 radical (unpaired) electrons. The molecular weight excluding hydrogens is 336 g/mol. The number of pyridine rings is 2. The molecular formula is C22H30N4O. The summed E-state index contributed by atoms with van der Waals surface area (Å²) in [5.74, 6) is 0. The van der Waals surface area contributed by atoms with Gasteiger partial charge in [0.2, 0.25) is 0 Å². The Hall–Kier alpha value is -2.29. The van der Waals surface area contributed by atoms with E-state index in [1.54, 1.807) is 0 Å². The number of hydrogen-bond acceptors (Lipinski definition) is 4. The predicted molar refractivity (Wildman–Crippen MR) is 107 cm³/mol. The first-order valence-electron chi connectivity index (χ1n) is 9.82. The van der Waals surface area contributed by atoms with Gasteiger partial charge in [0.25, 0.3) is 0 Å². The number of nitrogens with zero attached hydrogens (tertiary/aromatic N) is 3. The highest BCUT2D eigenvalue weighted by atomic mass is 16.0. The van der Waals surface area contributed by atoms with Gasteiger partial charge in [-0.15, -0.1) is 0 Å². The molecule has 5 nitrogen and oxygen atoms in total. The lowest BCUT2D eigenvalue weighted by Gasteiger charge is -2.02. The van der Waals surface area contributed by atoms with Crippen LogP contribution in [0.3, 0.4) is 0 Å². The average Bonchev–Trinajstić information content (AvgIpc) is 3.33. The fourth-order valence-corrected chi connectivity index (χ4v) is 3.68. The molecule has 2 aliphatic carbocycles. The van der Waals surface area contributed by atoms with Crippen LogP contribution in [0.5, 0.6) is 0 Å². The van der Waals surface area contributed by atoms with Crippen molar-refractivity contribution in [3.05, 3.63) is 58.2 Å². The third-order valence-corrected chi connectivity index (χ3v) is 5.10. The molecule has 0 saturated carbocycles. The lowest BCUT2D eigenvalue weighted by atomic mass is 10.1. The molecule has 4 N–H and O–H groups in total. The molecule has 0 saturated heterocycles. The SMILES string of the molecule is N#CCCc1ccc2c(n1)CCC2.NCCCc1ccc2c(n1)CCC2.O. The Kier molecular flexibility index (Phi) is 8.38. The van der Waals surface area contributed by atoms with Crippen LogP contribution in [0.2, 0.25) is 0 Å². The molecule has 144 valence electrons. The molecule has 0 bridgehead atoms. The van der Waals surface area contributed by atoms with Crippen LogP contribution in [0.25, 0.3) is 0 Å². The highest BCUT2D eigenvalue weighted by molar-refractivity contribution is 5.28. The van der Waals surface area contributed by atoms with Gasteiger partial charge in [0.15, 0.2) is 0 Å². The first-order chi connectivity index (χ1) is 12.8. The Morgan fingerprint density at radius 1 is 0.852 bits per heavy atom. The van der Waals surface area contributed by atoms with E-state index in [1.807, 2.05) is 0 Å². The number of fused-ring (bicyclic) bond motifs is 2. The van der Waals surface area contributed by atoms with Gasteiger partial charge in [-0.2, -0.15) is 5.26 Å². The summed E-state index contributed by atoms with van der Waals surface area (Å²) in [5, 5.41) is 8.44. The van der Waals surface area contributed by atoms with Crippen molar-refractivity contribution in [2.24, 2.45) is 5.73 Å². The van der Waals surface area contributed by atoms with Crippen LogP contribution in [-0.2, 0) is 38.5 Å². The van der Waals surface area contributed by atoms with E-state index >= 15 is 0 Å². The zero-order valence-electron chi connectivity index (χ0n) is 16.0. The molecule has 5 heteroatoms.